The highest BCUT2D eigenvalue weighted by Crippen LogP contribution is 2.40. The largest absolute Gasteiger partial charge is 0.454 e. The molecular weight excluding hydrogens is 330 g/mol. The number of anilines is 1. The summed E-state index contributed by atoms with van der Waals surface area (Å²) in [5, 5.41) is 13.3. The van der Waals surface area contributed by atoms with Gasteiger partial charge in [-0.1, -0.05) is 18.3 Å². The van der Waals surface area contributed by atoms with Gasteiger partial charge in [-0.25, -0.2) is 0 Å². The molecule has 0 atom stereocenters. The number of rotatable bonds is 4. The maximum absolute atomic E-state index is 5.39. The molecule has 0 saturated carbocycles. The first-order chi connectivity index (χ1) is 9.26. The van der Waals surface area contributed by atoms with Gasteiger partial charge in [0.25, 0.3) is 0 Å². The quantitative estimate of drug-likeness (QED) is 0.925. The molecule has 2 aromatic rings. The molecule has 0 saturated heterocycles. The number of aryl methyl sites for hydroxylation is 1. The van der Waals surface area contributed by atoms with Gasteiger partial charge in [0, 0.05) is 6.54 Å². The van der Waals surface area contributed by atoms with Crippen LogP contribution in [0.25, 0.3) is 0 Å². The zero-order chi connectivity index (χ0) is 13.2. The molecule has 0 fully saturated rings. The van der Waals surface area contributed by atoms with Crippen LogP contribution in [0, 0.1) is 0 Å². The predicted octanol–water partition coefficient (Wildman–Crippen LogP) is 3.20. The summed E-state index contributed by atoms with van der Waals surface area (Å²) in [7, 11) is 0. The van der Waals surface area contributed by atoms with Crippen molar-refractivity contribution >= 4 is 32.4 Å². The highest BCUT2D eigenvalue weighted by Gasteiger charge is 2.17. The highest BCUT2D eigenvalue weighted by molar-refractivity contribution is 9.10. The third kappa shape index (κ3) is 2.66. The standard InChI is InChI=1S/C12H12BrN3O2S/c1-2-10-15-16-12(19-10)14-5-7-3-8(13)11-9(4-7)17-6-18-11/h3-4H,2,5-6H2,1H3,(H,14,16). The van der Waals surface area contributed by atoms with E-state index in [0.29, 0.717) is 6.54 Å². The van der Waals surface area contributed by atoms with E-state index in [4.69, 9.17) is 9.47 Å². The number of nitrogens with zero attached hydrogens (tertiary/aromatic N) is 2. The maximum Gasteiger partial charge on any atom is 0.231 e. The smallest absolute Gasteiger partial charge is 0.231 e. The maximum atomic E-state index is 5.39. The van der Waals surface area contributed by atoms with Crippen LogP contribution in [0.4, 0.5) is 5.13 Å². The second kappa shape index (κ2) is 5.34. The van der Waals surface area contributed by atoms with Gasteiger partial charge in [-0.3, -0.25) is 0 Å². The zero-order valence-electron chi connectivity index (χ0n) is 10.3. The molecule has 1 N–H and O–H groups in total. The molecule has 5 nitrogen and oxygen atoms in total. The summed E-state index contributed by atoms with van der Waals surface area (Å²) in [6.07, 6.45) is 0.912. The molecule has 1 aliphatic heterocycles. The van der Waals surface area contributed by atoms with E-state index in [1.165, 1.54) is 0 Å². The Bertz CT molecular complexity index is 603. The van der Waals surface area contributed by atoms with E-state index in [0.717, 1.165) is 38.1 Å². The first kappa shape index (κ1) is 12.7. The van der Waals surface area contributed by atoms with Gasteiger partial charge in [0.05, 0.1) is 4.47 Å². The number of fused-ring (bicyclic) bond motifs is 1. The lowest BCUT2D eigenvalue weighted by atomic mass is 10.2. The van der Waals surface area contributed by atoms with Crippen LogP contribution < -0.4 is 14.8 Å². The van der Waals surface area contributed by atoms with Crippen LogP contribution >= 0.6 is 27.3 Å². The Morgan fingerprint density at radius 3 is 3.05 bits per heavy atom. The van der Waals surface area contributed by atoms with Crippen LogP contribution in [0.1, 0.15) is 17.5 Å². The molecule has 7 heteroatoms. The molecule has 0 radical (unpaired) electrons. The van der Waals surface area contributed by atoms with Crippen molar-refractivity contribution in [2.24, 2.45) is 0 Å². The van der Waals surface area contributed by atoms with Gasteiger partial charge in [0.15, 0.2) is 11.5 Å². The molecule has 0 amide bonds. The lowest BCUT2D eigenvalue weighted by molar-refractivity contribution is 0.173. The number of halogens is 1. The molecule has 2 heterocycles. The molecule has 3 rings (SSSR count). The minimum absolute atomic E-state index is 0.279. The Morgan fingerprint density at radius 1 is 1.37 bits per heavy atom. The molecule has 1 aromatic heterocycles. The van der Waals surface area contributed by atoms with Crippen LogP contribution in [0.15, 0.2) is 16.6 Å². The van der Waals surface area contributed by atoms with Crippen LogP contribution in [-0.2, 0) is 13.0 Å². The van der Waals surface area contributed by atoms with Crippen LogP contribution in [-0.4, -0.2) is 17.0 Å². The topological polar surface area (TPSA) is 56.3 Å². The third-order valence-electron chi connectivity index (χ3n) is 2.70. The fourth-order valence-corrected chi connectivity index (χ4v) is 3.05. The van der Waals surface area contributed by atoms with E-state index in [2.05, 4.69) is 38.4 Å². The summed E-state index contributed by atoms with van der Waals surface area (Å²) < 4.78 is 11.7. The molecule has 0 bridgehead atoms. The second-order valence-corrected chi connectivity index (χ2v) is 5.94. The second-order valence-electron chi connectivity index (χ2n) is 4.02. The van der Waals surface area contributed by atoms with Gasteiger partial charge in [-0.05, 0) is 40.0 Å². The zero-order valence-corrected chi connectivity index (χ0v) is 12.7. The summed E-state index contributed by atoms with van der Waals surface area (Å²) in [6.45, 7) is 3.02. The lowest BCUT2D eigenvalue weighted by Crippen LogP contribution is -1.99. The van der Waals surface area contributed by atoms with Gasteiger partial charge in [-0.15, -0.1) is 10.2 Å². The Balaban J connectivity index is 1.72. The number of aromatic nitrogens is 2. The summed E-state index contributed by atoms with van der Waals surface area (Å²) in [5.41, 5.74) is 1.10. The Morgan fingerprint density at radius 2 is 2.26 bits per heavy atom. The van der Waals surface area contributed by atoms with Crippen LogP contribution in [0.5, 0.6) is 11.5 Å². The van der Waals surface area contributed by atoms with Crippen molar-refractivity contribution in [3.8, 4) is 11.5 Å². The number of hydrogen-bond donors (Lipinski definition) is 1. The van der Waals surface area contributed by atoms with Gasteiger partial charge >= 0.3 is 0 Å². The van der Waals surface area contributed by atoms with Gasteiger partial charge in [0.1, 0.15) is 5.01 Å². The SMILES string of the molecule is CCc1nnc(NCc2cc(Br)c3c(c2)OCO3)s1. The molecule has 0 unspecified atom stereocenters. The van der Waals surface area contributed by atoms with Crippen LogP contribution in [0.2, 0.25) is 0 Å². The van der Waals surface area contributed by atoms with Gasteiger partial charge < -0.3 is 14.8 Å². The molecule has 100 valence electrons. The van der Waals surface area contributed by atoms with E-state index < -0.39 is 0 Å². The normalized spacial score (nSPS) is 12.7. The molecule has 1 aromatic carbocycles. The fourth-order valence-electron chi connectivity index (χ4n) is 1.77. The Hall–Kier alpha value is -1.34. The van der Waals surface area contributed by atoms with Crippen molar-refractivity contribution in [3.63, 3.8) is 0 Å². The van der Waals surface area contributed by atoms with E-state index >= 15 is 0 Å². The van der Waals surface area contributed by atoms with Crippen molar-refractivity contribution in [1.82, 2.24) is 10.2 Å². The minimum Gasteiger partial charge on any atom is -0.454 e. The van der Waals surface area contributed by atoms with E-state index in [1.54, 1.807) is 11.3 Å². The van der Waals surface area contributed by atoms with E-state index in [-0.39, 0.29) is 6.79 Å². The highest BCUT2D eigenvalue weighted by atomic mass is 79.9. The van der Waals surface area contributed by atoms with Crippen molar-refractivity contribution in [2.75, 3.05) is 12.1 Å². The number of ether oxygens (including phenoxy) is 2. The third-order valence-corrected chi connectivity index (χ3v) is 4.31. The van der Waals surface area contributed by atoms with Crippen molar-refractivity contribution < 1.29 is 9.47 Å². The van der Waals surface area contributed by atoms with Crippen molar-refractivity contribution in [3.05, 3.63) is 27.2 Å². The van der Waals surface area contributed by atoms with Gasteiger partial charge in [-0.2, -0.15) is 0 Å². The Labute approximate surface area is 123 Å². The molecule has 19 heavy (non-hydrogen) atoms. The van der Waals surface area contributed by atoms with E-state index in [1.807, 2.05) is 12.1 Å². The van der Waals surface area contributed by atoms with Gasteiger partial charge in [0.2, 0.25) is 11.9 Å². The number of benzene rings is 1. The monoisotopic (exact) mass is 341 g/mol. The van der Waals surface area contributed by atoms with Crippen LogP contribution in [0.3, 0.4) is 0 Å². The first-order valence-corrected chi connectivity index (χ1v) is 7.51. The first-order valence-electron chi connectivity index (χ1n) is 5.90. The lowest BCUT2D eigenvalue weighted by Gasteiger charge is -2.05. The summed E-state index contributed by atoms with van der Waals surface area (Å²) >= 11 is 5.06. The predicted molar refractivity (Wildman–Crippen MR) is 76.9 cm³/mol. The summed E-state index contributed by atoms with van der Waals surface area (Å²) in [4.78, 5) is 0. The number of hydrogen-bond acceptors (Lipinski definition) is 6. The molecule has 0 aliphatic carbocycles. The number of nitrogens with one attached hydrogen (secondary N) is 1. The van der Waals surface area contributed by atoms with E-state index in [9.17, 15) is 0 Å². The molecule has 0 spiro atoms. The molecule has 1 aliphatic rings. The van der Waals surface area contributed by atoms with Crippen molar-refractivity contribution in [1.29, 1.82) is 0 Å². The average molecular weight is 342 g/mol. The fraction of sp³-hybridized carbons (Fsp3) is 0.333. The summed E-state index contributed by atoms with van der Waals surface area (Å²) in [5.74, 6) is 1.55. The minimum atomic E-state index is 0.279. The van der Waals surface area contributed by atoms with Crippen molar-refractivity contribution in [2.45, 2.75) is 19.9 Å². The summed E-state index contributed by atoms with van der Waals surface area (Å²) in [6, 6.07) is 3.99. The molecular formula is C12H12BrN3O2S. The average Bonchev–Trinajstić information content (AvgIpc) is 3.05. The Kier molecular flexibility index (Phi) is 3.56.